The van der Waals surface area contributed by atoms with E-state index in [0.717, 1.165) is 31.8 Å². The fourth-order valence-corrected chi connectivity index (χ4v) is 4.17. The number of carbonyl (C=O) groups excluding carboxylic acids is 2. The van der Waals surface area contributed by atoms with Crippen LogP contribution in [0, 0.1) is 18.8 Å². The molecule has 1 N–H and O–H groups in total. The lowest BCUT2D eigenvalue weighted by Crippen LogP contribution is -2.45. The van der Waals surface area contributed by atoms with E-state index in [1.807, 2.05) is 11.9 Å². The Morgan fingerprint density at radius 2 is 2.00 bits per heavy atom. The van der Waals surface area contributed by atoms with Crippen molar-refractivity contribution in [2.45, 2.75) is 65.0 Å². The SMILES string of the molecule is Cc1ncoc1C(=O)NC[C@@H]1CC[C@H](CC(=O)N(C)CC(C)C)N1CC1CC1. The summed E-state index contributed by atoms with van der Waals surface area (Å²) in [4.78, 5) is 33.3. The summed E-state index contributed by atoms with van der Waals surface area (Å²) < 4.78 is 5.19. The van der Waals surface area contributed by atoms with Crippen molar-refractivity contribution in [2.75, 3.05) is 26.7 Å². The van der Waals surface area contributed by atoms with Crippen LogP contribution < -0.4 is 5.32 Å². The van der Waals surface area contributed by atoms with Crippen molar-refractivity contribution < 1.29 is 14.0 Å². The molecule has 1 aromatic heterocycles. The van der Waals surface area contributed by atoms with E-state index in [1.54, 1.807) is 6.92 Å². The molecule has 1 aliphatic carbocycles. The van der Waals surface area contributed by atoms with Crippen LogP contribution in [-0.4, -0.2) is 65.4 Å². The third-order valence-corrected chi connectivity index (χ3v) is 5.86. The number of rotatable bonds is 9. The van der Waals surface area contributed by atoms with Crippen LogP contribution in [0.15, 0.2) is 10.8 Å². The van der Waals surface area contributed by atoms with Crippen LogP contribution in [0.2, 0.25) is 0 Å². The highest BCUT2D eigenvalue weighted by molar-refractivity contribution is 5.92. The standard InChI is InChI=1S/C21H34N4O3/c1-14(2)11-24(4)19(26)9-17-7-8-18(25(17)12-16-5-6-16)10-22-21(27)20-15(3)23-13-28-20/h13-14,16-18H,5-12H2,1-4H3,(H,22,27)/t17-,18+/m1/s1. The molecule has 0 aromatic carbocycles. The molecule has 1 saturated carbocycles. The summed E-state index contributed by atoms with van der Waals surface area (Å²) in [5.41, 5.74) is 0.607. The minimum absolute atomic E-state index is 0.211. The number of hydrogen-bond donors (Lipinski definition) is 1. The third-order valence-electron chi connectivity index (χ3n) is 5.86. The van der Waals surface area contributed by atoms with Gasteiger partial charge in [-0.1, -0.05) is 13.8 Å². The van der Waals surface area contributed by atoms with Crippen molar-refractivity contribution in [3.05, 3.63) is 17.8 Å². The van der Waals surface area contributed by atoms with Gasteiger partial charge in [0.1, 0.15) is 0 Å². The van der Waals surface area contributed by atoms with Gasteiger partial charge in [-0.05, 0) is 44.4 Å². The van der Waals surface area contributed by atoms with Crippen LogP contribution in [0.25, 0.3) is 0 Å². The number of likely N-dealkylation sites (tertiary alicyclic amines) is 1. The lowest BCUT2D eigenvalue weighted by Gasteiger charge is -2.31. The molecule has 3 rings (SSSR count). The first-order valence-electron chi connectivity index (χ1n) is 10.5. The maximum atomic E-state index is 12.7. The molecule has 28 heavy (non-hydrogen) atoms. The first-order valence-corrected chi connectivity index (χ1v) is 10.5. The van der Waals surface area contributed by atoms with Crippen LogP contribution in [0.4, 0.5) is 0 Å². The van der Waals surface area contributed by atoms with E-state index in [9.17, 15) is 9.59 Å². The normalized spacial score (nSPS) is 22.6. The summed E-state index contributed by atoms with van der Waals surface area (Å²) in [6.07, 6.45) is 6.45. The molecule has 1 aliphatic heterocycles. The summed E-state index contributed by atoms with van der Waals surface area (Å²) in [5.74, 6) is 1.52. The Bertz CT molecular complexity index is 683. The van der Waals surface area contributed by atoms with Crippen LogP contribution in [0.5, 0.6) is 0 Å². The zero-order valence-corrected chi connectivity index (χ0v) is 17.6. The summed E-state index contributed by atoms with van der Waals surface area (Å²) in [5, 5.41) is 3.00. The number of nitrogens with one attached hydrogen (secondary N) is 1. The lowest BCUT2D eigenvalue weighted by atomic mass is 10.1. The van der Waals surface area contributed by atoms with Crippen molar-refractivity contribution in [1.82, 2.24) is 20.1 Å². The molecule has 156 valence electrons. The molecule has 0 radical (unpaired) electrons. The van der Waals surface area contributed by atoms with E-state index < -0.39 is 0 Å². The van der Waals surface area contributed by atoms with Gasteiger partial charge in [-0.15, -0.1) is 0 Å². The van der Waals surface area contributed by atoms with Gasteiger partial charge in [-0.3, -0.25) is 14.5 Å². The Labute approximate surface area is 167 Å². The topological polar surface area (TPSA) is 78.7 Å². The van der Waals surface area contributed by atoms with Gasteiger partial charge in [0.15, 0.2) is 6.39 Å². The third kappa shape index (κ3) is 5.34. The fraction of sp³-hybridized carbons (Fsp3) is 0.762. The summed E-state index contributed by atoms with van der Waals surface area (Å²) in [6, 6.07) is 0.553. The molecule has 1 aromatic rings. The van der Waals surface area contributed by atoms with E-state index in [4.69, 9.17) is 4.42 Å². The number of oxazole rings is 1. The second kappa shape index (κ2) is 9.07. The van der Waals surface area contributed by atoms with Gasteiger partial charge < -0.3 is 14.6 Å². The molecule has 2 heterocycles. The van der Waals surface area contributed by atoms with Gasteiger partial charge >= 0.3 is 0 Å². The summed E-state index contributed by atoms with van der Waals surface area (Å²) in [7, 11) is 1.90. The van der Waals surface area contributed by atoms with Gasteiger partial charge in [0.05, 0.1) is 5.69 Å². The monoisotopic (exact) mass is 390 g/mol. The zero-order chi connectivity index (χ0) is 20.3. The summed E-state index contributed by atoms with van der Waals surface area (Å²) in [6.45, 7) is 8.44. The molecule has 2 atom stereocenters. The second-order valence-electron chi connectivity index (χ2n) is 8.87. The molecule has 7 heteroatoms. The van der Waals surface area contributed by atoms with Gasteiger partial charge in [-0.2, -0.15) is 0 Å². The quantitative estimate of drug-likeness (QED) is 0.701. The second-order valence-corrected chi connectivity index (χ2v) is 8.87. The largest absolute Gasteiger partial charge is 0.438 e. The van der Waals surface area contributed by atoms with Gasteiger partial charge in [0, 0.05) is 45.2 Å². The van der Waals surface area contributed by atoms with Crippen LogP contribution in [0.3, 0.4) is 0 Å². The van der Waals surface area contributed by atoms with Gasteiger partial charge in [-0.25, -0.2) is 4.98 Å². The van der Waals surface area contributed by atoms with E-state index in [-0.39, 0.29) is 29.7 Å². The van der Waals surface area contributed by atoms with Crippen LogP contribution in [-0.2, 0) is 4.79 Å². The number of aromatic nitrogens is 1. The van der Waals surface area contributed by atoms with Crippen LogP contribution in [0.1, 0.15) is 62.2 Å². The molecule has 7 nitrogen and oxygen atoms in total. The average molecular weight is 391 g/mol. The molecule has 0 bridgehead atoms. The zero-order valence-electron chi connectivity index (χ0n) is 17.6. The highest BCUT2D eigenvalue weighted by atomic mass is 16.3. The number of nitrogens with zero attached hydrogens (tertiary/aromatic N) is 3. The summed E-state index contributed by atoms with van der Waals surface area (Å²) >= 11 is 0. The maximum absolute atomic E-state index is 12.7. The fourth-order valence-electron chi connectivity index (χ4n) is 4.17. The molecule has 2 fully saturated rings. The maximum Gasteiger partial charge on any atom is 0.289 e. The number of aryl methyl sites for hydroxylation is 1. The minimum Gasteiger partial charge on any atom is -0.438 e. The Balaban J connectivity index is 1.56. The molecule has 1 saturated heterocycles. The number of hydrogen-bond acceptors (Lipinski definition) is 5. The Kier molecular flexibility index (Phi) is 6.75. The van der Waals surface area contributed by atoms with E-state index in [0.29, 0.717) is 24.6 Å². The molecular weight excluding hydrogens is 356 g/mol. The molecular formula is C21H34N4O3. The van der Waals surface area contributed by atoms with Crippen LogP contribution >= 0.6 is 0 Å². The Morgan fingerprint density at radius 3 is 2.61 bits per heavy atom. The molecule has 2 amide bonds. The molecule has 2 aliphatic rings. The van der Waals surface area contributed by atoms with Crippen molar-refractivity contribution >= 4 is 11.8 Å². The Morgan fingerprint density at radius 1 is 1.29 bits per heavy atom. The van der Waals surface area contributed by atoms with Gasteiger partial charge in [0.25, 0.3) is 5.91 Å². The highest BCUT2D eigenvalue weighted by Gasteiger charge is 2.38. The predicted octanol–water partition coefficient (Wildman–Crippen LogP) is 2.46. The highest BCUT2D eigenvalue weighted by Crippen LogP contribution is 2.35. The molecule has 0 spiro atoms. The smallest absolute Gasteiger partial charge is 0.289 e. The van der Waals surface area contributed by atoms with Crippen molar-refractivity contribution in [1.29, 1.82) is 0 Å². The molecule has 0 unspecified atom stereocenters. The Hall–Kier alpha value is -1.89. The van der Waals surface area contributed by atoms with E-state index in [2.05, 4.69) is 29.0 Å². The average Bonchev–Trinajstić information content (AvgIpc) is 3.23. The minimum atomic E-state index is -0.211. The van der Waals surface area contributed by atoms with Gasteiger partial charge in [0.2, 0.25) is 11.7 Å². The van der Waals surface area contributed by atoms with Crippen molar-refractivity contribution in [3.8, 4) is 0 Å². The van der Waals surface area contributed by atoms with E-state index >= 15 is 0 Å². The number of amides is 2. The van der Waals surface area contributed by atoms with E-state index in [1.165, 1.54) is 19.2 Å². The lowest BCUT2D eigenvalue weighted by molar-refractivity contribution is -0.131. The van der Waals surface area contributed by atoms with Crippen molar-refractivity contribution in [2.24, 2.45) is 11.8 Å². The first-order chi connectivity index (χ1) is 13.3. The predicted molar refractivity (Wildman–Crippen MR) is 107 cm³/mol. The van der Waals surface area contributed by atoms with Crippen molar-refractivity contribution in [3.63, 3.8) is 0 Å². The first kappa shape index (κ1) is 20.8. The number of carbonyl (C=O) groups is 2.